The molecule has 0 bridgehead atoms. The van der Waals surface area contributed by atoms with Gasteiger partial charge >= 0.3 is 0 Å². The van der Waals surface area contributed by atoms with E-state index in [0.29, 0.717) is 18.4 Å². The molecule has 1 N–H and O–H groups in total. The largest absolute Gasteiger partial charge is 0.391 e. The molecule has 3 atom stereocenters. The van der Waals surface area contributed by atoms with Crippen LogP contribution in [0.1, 0.15) is 29.3 Å². The summed E-state index contributed by atoms with van der Waals surface area (Å²) in [6, 6.07) is 19.2. The fraction of sp³-hybridized carbons (Fsp3) is 0.316. The molecular weight excluding hydrogens is 340 g/mol. The number of aliphatic hydroxyl groups excluding tert-OH is 1. The maximum Gasteiger partial charge on any atom is 0.168 e. The topological polar surface area (TPSA) is 37.3 Å². The van der Waals surface area contributed by atoms with Gasteiger partial charge in [-0.3, -0.25) is 4.79 Å². The highest BCUT2D eigenvalue weighted by atomic mass is 79.9. The molecule has 0 amide bonds. The van der Waals surface area contributed by atoms with Gasteiger partial charge in [0.05, 0.1) is 6.10 Å². The van der Waals surface area contributed by atoms with Gasteiger partial charge in [0.2, 0.25) is 0 Å². The second-order valence-corrected chi connectivity index (χ2v) is 6.62. The van der Waals surface area contributed by atoms with Crippen LogP contribution in [0, 0.1) is 5.92 Å². The van der Waals surface area contributed by atoms with E-state index in [1.165, 1.54) is 0 Å². The average Bonchev–Trinajstić information content (AvgIpc) is 2.57. The van der Waals surface area contributed by atoms with E-state index in [1.54, 1.807) is 12.1 Å². The van der Waals surface area contributed by atoms with Gasteiger partial charge in [-0.1, -0.05) is 83.5 Å². The lowest BCUT2D eigenvalue weighted by Crippen LogP contribution is -2.35. The van der Waals surface area contributed by atoms with Crippen molar-refractivity contribution in [2.45, 2.75) is 30.7 Å². The van der Waals surface area contributed by atoms with Crippen LogP contribution in [0.3, 0.4) is 0 Å². The summed E-state index contributed by atoms with van der Waals surface area (Å²) in [7, 11) is 0. The average molecular weight is 361 g/mol. The number of alkyl halides is 1. The van der Waals surface area contributed by atoms with Crippen molar-refractivity contribution in [2.24, 2.45) is 5.92 Å². The van der Waals surface area contributed by atoms with Gasteiger partial charge < -0.3 is 5.11 Å². The Morgan fingerprint density at radius 1 is 1.05 bits per heavy atom. The van der Waals surface area contributed by atoms with E-state index >= 15 is 0 Å². The summed E-state index contributed by atoms with van der Waals surface area (Å²) in [5.74, 6) is -0.386. The number of ketones is 1. The molecule has 2 nitrogen and oxygen atoms in total. The Kier molecular flexibility index (Phi) is 6.34. The molecule has 2 aromatic rings. The maximum absolute atomic E-state index is 12.6. The predicted molar refractivity (Wildman–Crippen MR) is 93.4 cm³/mol. The standard InChI is InChI=1S/C19H21BrO2/c1-2-16(18(21)15-11-7-4-8-12-15)19(22)17(20)13-14-9-5-3-6-10-14/h3-12,16-17,19,22H,2,13H2,1H3/t16-,17-,19+/m1/s1. The number of carbonyl (C=O) groups is 1. The molecule has 2 rings (SSSR count). The SMILES string of the molecule is CC[C@H](C(=O)c1ccccc1)[C@H](O)[C@H](Br)Cc1ccccc1. The molecule has 116 valence electrons. The number of benzene rings is 2. The van der Waals surface area contributed by atoms with E-state index in [-0.39, 0.29) is 10.6 Å². The van der Waals surface area contributed by atoms with E-state index in [1.807, 2.05) is 55.5 Å². The van der Waals surface area contributed by atoms with Crippen molar-refractivity contribution >= 4 is 21.7 Å². The summed E-state index contributed by atoms with van der Waals surface area (Å²) < 4.78 is 0. The van der Waals surface area contributed by atoms with Crippen LogP contribution in [0.5, 0.6) is 0 Å². The summed E-state index contributed by atoms with van der Waals surface area (Å²) in [5.41, 5.74) is 1.80. The maximum atomic E-state index is 12.6. The van der Waals surface area contributed by atoms with Gasteiger partial charge in [-0.05, 0) is 18.4 Å². The van der Waals surface area contributed by atoms with Gasteiger partial charge in [0, 0.05) is 16.3 Å². The molecule has 0 aliphatic carbocycles. The number of rotatable bonds is 7. The van der Waals surface area contributed by atoms with Crippen molar-refractivity contribution in [3.8, 4) is 0 Å². The minimum Gasteiger partial charge on any atom is -0.391 e. The summed E-state index contributed by atoms with van der Waals surface area (Å²) in [6.07, 6.45) is 0.602. The fourth-order valence-electron chi connectivity index (χ4n) is 2.61. The second kappa shape index (κ2) is 8.25. The lowest BCUT2D eigenvalue weighted by molar-refractivity contribution is 0.0667. The van der Waals surface area contributed by atoms with Crippen molar-refractivity contribution in [3.63, 3.8) is 0 Å². The number of hydrogen-bond donors (Lipinski definition) is 1. The third-order valence-corrected chi connectivity index (χ3v) is 4.76. The Hall–Kier alpha value is -1.45. The number of carbonyl (C=O) groups excluding carboxylic acids is 1. The van der Waals surface area contributed by atoms with Gasteiger partial charge in [-0.15, -0.1) is 0 Å². The van der Waals surface area contributed by atoms with Gasteiger partial charge in [-0.2, -0.15) is 0 Å². The Balaban J connectivity index is 2.08. The lowest BCUT2D eigenvalue weighted by atomic mass is 9.87. The molecule has 0 heterocycles. The third kappa shape index (κ3) is 4.28. The molecule has 0 fully saturated rings. The molecular formula is C19H21BrO2. The van der Waals surface area contributed by atoms with Gasteiger partial charge in [-0.25, -0.2) is 0 Å². The van der Waals surface area contributed by atoms with Crippen molar-refractivity contribution in [2.75, 3.05) is 0 Å². The molecule has 2 aromatic carbocycles. The third-order valence-electron chi connectivity index (χ3n) is 3.89. The minimum atomic E-state index is -0.710. The lowest BCUT2D eigenvalue weighted by Gasteiger charge is -2.25. The van der Waals surface area contributed by atoms with E-state index in [2.05, 4.69) is 15.9 Å². The van der Waals surface area contributed by atoms with E-state index in [0.717, 1.165) is 5.56 Å². The normalized spacial score (nSPS) is 15.0. The Labute approximate surface area is 140 Å². The van der Waals surface area contributed by atoms with Crippen LogP contribution in [0.4, 0.5) is 0 Å². The molecule has 0 aliphatic heterocycles. The highest BCUT2D eigenvalue weighted by Gasteiger charge is 2.30. The summed E-state index contributed by atoms with van der Waals surface area (Å²) in [5, 5.41) is 10.6. The van der Waals surface area contributed by atoms with Gasteiger partial charge in [0.15, 0.2) is 5.78 Å². The molecule has 0 saturated heterocycles. The molecule has 0 unspecified atom stereocenters. The smallest absolute Gasteiger partial charge is 0.168 e. The fourth-order valence-corrected chi connectivity index (χ4v) is 3.35. The van der Waals surface area contributed by atoms with Crippen molar-refractivity contribution in [1.82, 2.24) is 0 Å². The van der Waals surface area contributed by atoms with Crippen molar-refractivity contribution in [3.05, 3.63) is 71.8 Å². The molecule has 22 heavy (non-hydrogen) atoms. The molecule has 0 aliphatic rings. The summed E-state index contributed by atoms with van der Waals surface area (Å²) >= 11 is 3.56. The summed E-state index contributed by atoms with van der Waals surface area (Å²) in [4.78, 5) is 12.4. The Morgan fingerprint density at radius 2 is 1.59 bits per heavy atom. The predicted octanol–water partition coefficient (Wildman–Crippen LogP) is 4.26. The highest BCUT2D eigenvalue weighted by molar-refractivity contribution is 9.09. The van der Waals surface area contributed by atoms with E-state index in [4.69, 9.17) is 0 Å². The van der Waals surface area contributed by atoms with Crippen LogP contribution in [0.15, 0.2) is 60.7 Å². The van der Waals surface area contributed by atoms with Crippen molar-refractivity contribution < 1.29 is 9.90 Å². The van der Waals surface area contributed by atoms with Crippen molar-refractivity contribution in [1.29, 1.82) is 0 Å². The van der Waals surface area contributed by atoms with E-state index < -0.39 is 12.0 Å². The first kappa shape index (κ1) is 16.9. The van der Waals surface area contributed by atoms with Crippen LogP contribution in [0.2, 0.25) is 0 Å². The first-order valence-electron chi connectivity index (χ1n) is 7.58. The zero-order valence-electron chi connectivity index (χ0n) is 12.7. The number of Topliss-reactive ketones (excluding diaryl/α,β-unsaturated/α-hetero) is 1. The first-order valence-corrected chi connectivity index (χ1v) is 8.50. The second-order valence-electron chi connectivity index (χ2n) is 5.44. The molecule has 0 spiro atoms. The number of hydrogen-bond acceptors (Lipinski definition) is 2. The first-order chi connectivity index (χ1) is 10.6. The van der Waals surface area contributed by atoms with Crippen LogP contribution in [-0.4, -0.2) is 21.8 Å². The molecule has 0 saturated carbocycles. The van der Waals surface area contributed by atoms with Crippen LogP contribution < -0.4 is 0 Å². The Bertz CT molecular complexity index is 583. The van der Waals surface area contributed by atoms with Gasteiger partial charge in [0.25, 0.3) is 0 Å². The number of halogens is 1. The highest BCUT2D eigenvalue weighted by Crippen LogP contribution is 2.24. The molecule has 3 heteroatoms. The zero-order valence-corrected chi connectivity index (χ0v) is 14.2. The quantitative estimate of drug-likeness (QED) is 0.591. The monoisotopic (exact) mass is 360 g/mol. The van der Waals surface area contributed by atoms with E-state index in [9.17, 15) is 9.90 Å². The zero-order chi connectivity index (χ0) is 15.9. The van der Waals surface area contributed by atoms with Crippen LogP contribution >= 0.6 is 15.9 Å². The Morgan fingerprint density at radius 3 is 2.14 bits per heavy atom. The van der Waals surface area contributed by atoms with Crippen LogP contribution in [-0.2, 0) is 6.42 Å². The summed E-state index contributed by atoms with van der Waals surface area (Å²) in [6.45, 7) is 1.94. The number of aliphatic hydroxyl groups is 1. The van der Waals surface area contributed by atoms with Crippen LogP contribution in [0.25, 0.3) is 0 Å². The van der Waals surface area contributed by atoms with Gasteiger partial charge in [0.1, 0.15) is 0 Å². The minimum absolute atomic E-state index is 0.00751. The molecule has 0 aromatic heterocycles. The molecule has 0 radical (unpaired) electrons.